The summed E-state index contributed by atoms with van der Waals surface area (Å²) >= 11 is 0. The Balaban J connectivity index is 1.79. The van der Waals surface area contributed by atoms with Gasteiger partial charge in [0.1, 0.15) is 0 Å². The fourth-order valence-corrected chi connectivity index (χ4v) is 5.17. The van der Waals surface area contributed by atoms with Gasteiger partial charge in [-0.15, -0.1) is 0 Å². The molecule has 26 heavy (non-hydrogen) atoms. The highest BCUT2D eigenvalue weighted by Crippen LogP contribution is 2.71. The zero-order valence-corrected chi connectivity index (χ0v) is 14.9. The van der Waals surface area contributed by atoms with Crippen molar-refractivity contribution in [1.29, 1.82) is 0 Å². The molecule has 1 aliphatic rings. The lowest BCUT2D eigenvalue weighted by molar-refractivity contribution is -0.195. The lowest BCUT2D eigenvalue weighted by Gasteiger charge is -2.39. The molecule has 0 spiro atoms. The van der Waals surface area contributed by atoms with Gasteiger partial charge in [0.05, 0.1) is 0 Å². The minimum atomic E-state index is -3.85. The summed E-state index contributed by atoms with van der Waals surface area (Å²) in [5, 5.41) is 0. The van der Waals surface area contributed by atoms with Gasteiger partial charge in [-0.1, -0.05) is 91.0 Å². The van der Waals surface area contributed by atoms with E-state index in [9.17, 15) is 9.46 Å². The highest BCUT2D eigenvalue weighted by Gasteiger charge is 2.49. The van der Waals surface area contributed by atoms with E-state index in [-0.39, 0.29) is 0 Å². The van der Waals surface area contributed by atoms with Crippen LogP contribution in [0.2, 0.25) is 0 Å². The third-order valence-electron chi connectivity index (χ3n) is 4.42. The van der Waals surface area contributed by atoms with Crippen molar-refractivity contribution in [3.63, 3.8) is 0 Å². The van der Waals surface area contributed by atoms with Crippen LogP contribution in [0, 0.1) is 0 Å². The Bertz CT molecular complexity index is 846. The summed E-state index contributed by atoms with van der Waals surface area (Å²) in [6.07, 6.45) is -0.721. The summed E-state index contributed by atoms with van der Waals surface area (Å²) < 4.78 is 25.4. The highest BCUT2D eigenvalue weighted by molar-refractivity contribution is 7.58. The van der Waals surface area contributed by atoms with E-state index in [4.69, 9.17) is 9.47 Å². The van der Waals surface area contributed by atoms with Gasteiger partial charge in [-0.05, 0) is 11.1 Å². The highest BCUT2D eigenvalue weighted by atomic mass is 31.2. The topological polar surface area (TPSA) is 55.8 Å². The molecule has 1 fully saturated rings. The average Bonchev–Trinajstić information content (AvgIpc) is 2.69. The van der Waals surface area contributed by atoms with E-state index >= 15 is 0 Å². The van der Waals surface area contributed by atoms with Crippen LogP contribution in [-0.4, -0.2) is 4.89 Å². The summed E-state index contributed by atoms with van der Waals surface area (Å²) in [4.78, 5) is 11.0. The van der Waals surface area contributed by atoms with Crippen molar-refractivity contribution < 1.29 is 18.9 Å². The van der Waals surface area contributed by atoms with Crippen molar-refractivity contribution in [2.24, 2.45) is 0 Å². The smallest absolute Gasteiger partial charge is 0.265 e. The van der Waals surface area contributed by atoms with Crippen LogP contribution in [-0.2, 0) is 14.0 Å². The van der Waals surface area contributed by atoms with Gasteiger partial charge in [0, 0.05) is 5.56 Å². The minimum Gasteiger partial charge on any atom is -0.340 e. The Hall–Kier alpha value is -2.23. The van der Waals surface area contributed by atoms with Crippen LogP contribution in [0.1, 0.15) is 34.7 Å². The van der Waals surface area contributed by atoms with Gasteiger partial charge in [0.25, 0.3) is 7.37 Å². The molecule has 0 aliphatic carbocycles. The monoisotopic (exact) mass is 366 g/mol. The lowest BCUT2D eigenvalue weighted by atomic mass is 10.2. The Kier molecular flexibility index (Phi) is 4.75. The van der Waals surface area contributed by atoms with E-state index in [2.05, 4.69) is 0 Å². The quantitative estimate of drug-likeness (QED) is 0.631. The first-order chi connectivity index (χ1) is 12.7. The molecule has 0 amide bonds. The van der Waals surface area contributed by atoms with Gasteiger partial charge in [-0.3, -0.25) is 4.57 Å². The first kappa shape index (κ1) is 17.2. The molecule has 1 saturated heterocycles. The van der Waals surface area contributed by atoms with Crippen LogP contribution >= 0.6 is 7.37 Å². The number of ether oxygens (including phenoxy) is 2. The molecule has 0 bridgehead atoms. The van der Waals surface area contributed by atoms with E-state index in [1.165, 1.54) is 0 Å². The molecule has 5 heteroatoms. The molecule has 0 unspecified atom stereocenters. The summed E-state index contributed by atoms with van der Waals surface area (Å²) in [5.41, 5.74) is 2.15. The molecule has 3 aromatic carbocycles. The second-order valence-corrected chi connectivity index (χ2v) is 8.50. The number of benzene rings is 3. The van der Waals surface area contributed by atoms with E-state index < -0.39 is 25.3 Å². The molecule has 0 radical (unpaired) electrons. The van der Waals surface area contributed by atoms with Crippen LogP contribution in [0.4, 0.5) is 0 Å². The second-order valence-electron chi connectivity index (χ2n) is 6.21. The largest absolute Gasteiger partial charge is 0.340 e. The zero-order chi connectivity index (χ0) is 18.0. The predicted molar refractivity (Wildman–Crippen MR) is 99.5 cm³/mol. The Morgan fingerprint density at radius 2 is 0.962 bits per heavy atom. The third-order valence-corrected chi connectivity index (χ3v) is 6.60. The Labute approximate surface area is 152 Å². The van der Waals surface area contributed by atoms with Crippen LogP contribution in [0.3, 0.4) is 0 Å². The number of hydrogen-bond acceptors (Lipinski definition) is 3. The van der Waals surface area contributed by atoms with Gasteiger partial charge < -0.3 is 14.4 Å². The van der Waals surface area contributed by atoms with E-state index in [0.717, 1.165) is 5.56 Å². The second kappa shape index (κ2) is 7.18. The average molecular weight is 366 g/mol. The van der Waals surface area contributed by atoms with E-state index in [1.54, 1.807) is 0 Å². The maximum absolute atomic E-state index is 13.4. The molecular weight excluding hydrogens is 347 g/mol. The van der Waals surface area contributed by atoms with Crippen molar-refractivity contribution in [2.75, 3.05) is 0 Å². The Morgan fingerprint density at radius 3 is 1.35 bits per heavy atom. The SMILES string of the molecule is O=P1(O)[C@@H](c2ccccc2)OC(c2ccccc2)O[C@@H]1c1ccccc1. The standard InChI is InChI=1S/C21H19O4P/c22-26(23)20(17-12-6-2-7-13-17)24-19(16-10-4-1-5-11-16)25-21(26)18-14-8-3-9-15-18/h1-15,19-21H,(H,22,23)/t20-,21-/m0/s1. The summed E-state index contributed by atoms with van der Waals surface area (Å²) in [7, 11) is -3.85. The minimum absolute atomic E-state index is 0.670. The summed E-state index contributed by atoms with van der Waals surface area (Å²) in [5.74, 6) is -1.90. The molecule has 4 rings (SSSR count). The molecule has 1 N–H and O–H groups in total. The Morgan fingerprint density at radius 1 is 0.615 bits per heavy atom. The molecule has 1 aliphatic heterocycles. The van der Waals surface area contributed by atoms with Crippen LogP contribution in [0.5, 0.6) is 0 Å². The summed E-state index contributed by atoms with van der Waals surface area (Å²) in [6.45, 7) is 0. The molecule has 0 saturated carbocycles. The van der Waals surface area contributed by atoms with Gasteiger partial charge in [-0.25, -0.2) is 0 Å². The molecule has 4 nitrogen and oxygen atoms in total. The molecule has 2 atom stereocenters. The molecule has 132 valence electrons. The van der Waals surface area contributed by atoms with E-state index in [1.807, 2.05) is 91.0 Å². The predicted octanol–water partition coefficient (Wildman–Crippen LogP) is 5.40. The maximum atomic E-state index is 13.4. The van der Waals surface area contributed by atoms with Crippen LogP contribution in [0.25, 0.3) is 0 Å². The fraction of sp³-hybridized carbons (Fsp3) is 0.143. The first-order valence-electron chi connectivity index (χ1n) is 8.44. The molecule has 0 aromatic heterocycles. The van der Waals surface area contributed by atoms with Crippen molar-refractivity contribution in [1.82, 2.24) is 0 Å². The first-order valence-corrected chi connectivity index (χ1v) is 10.2. The summed E-state index contributed by atoms with van der Waals surface area (Å²) in [6, 6.07) is 27.8. The number of rotatable bonds is 3. The van der Waals surface area contributed by atoms with Crippen LogP contribution < -0.4 is 0 Å². The van der Waals surface area contributed by atoms with Crippen molar-refractivity contribution in [2.45, 2.75) is 18.0 Å². The molecule has 1 heterocycles. The number of hydrogen-bond donors (Lipinski definition) is 1. The maximum Gasteiger partial charge on any atom is 0.265 e. The molecule has 3 aromatic rings. The normalized spacial score (nSPS) is 28.6. The van der Waals surface area contributed by atoms with Gasteiger partial charge in [0.2, 0.25) is 0 Å². The van der Waals surface area contributed by atoms with Crippen molar-refractivity contribution in [3.05, 3.63) is 108 Å². The van der Waals surface area contributed by atoms with Crippen LogP contribution in [0.15, 0.2) is 91.0 Å². The zero-order valence-electron chi connectivity index (χ0n) is 14.0. The fourth-order valence-electron chi connectivity index (χ4n) is 3.15. The lowest BCUT2D eigenvalue weighted by Crippen LogP contribution is -2.25. The third kappa shape index (κ3) is 3.25. The van der Waals surface area contributed by atoms with E-state index in [0.29, 0.717) is 11.1 Å². The van der Waals surface area contributed by atoms with Crippen molar-refractivity contribution in [3.8, 4) is 0 Å². The van der Waals surface area contributed by atoms with Gasteiger partial charge in [0.15, 0.2) is 18.0 Å². The van der Waals surface area contributed by atoms with Gasteiger partial charge >= 0.3 is 0 Å². The van der Waals surface area contributed by atoms with Gasteiger partial charge in [-0.2, -0.15) is 0 Å². The molecular formula is C21H19O4P. The van der Waals surface area contributed by atoms with Crippen molar-refractivity contribution >= 4 is 7.37 Å².